The second-order valence-electron chi connectivity index (χ2n) is 4.60. The molecule has 0 saturated carbocycles. The van der Waals surface area contributed by atoms with Crippen LogP contribution in [0.4, 0.5) is 0 Å². The van der Waals surface area contributed by atoms with Crippen LogP contribution in [0.15, 0.2) is 37.4 Å². The van der Waals surface area contributed by atoms with E-state index in [1.54, 1.807) is 6.20 Å². The molecule has 3 heteroatoms. The molecule has 0 spiro atoms. The normalized spacial score (nSPS) is 26.5. The molecule has 0 radical (unpaired) electrons. The predicted octanol–water partition coefficient (Wildman–Crippen LogP) is 2.37. The molecule has 88 valence electrons. The first-order valence-corrected chi connectivity index (χ1v) is 6.04. The zero-order valence-corrected chi connectivity index (χ0v) is 9.73. The highest BCUT2D eigenvalue weighted by atomic mass is 16.5. The fourth-order valence-corrected chi connectivity index (χ4v) is 2.74. The van der Waals surface area contributed by atoms with Crippen molar-refractivity contribution in [3.8, 4) is 5.75 Å². The van der Waals surface area contributed by atoms with Crippen molar-refractivity contribution >= 4 is 5.57 Å². The first-order chi connectivity index (χ1) is 8.36. The highest BCUT2D eigenvalue weighted by Gasteiger charge is 2.31. The Balaban J connectivity index is 1.84. The Labute approximate surface area is 101 Å². The zero-order valence-electron chi connectivity index (χ0n) is 9.73. The van der Waals surface area contributed by atoms with Crippen molar-refractivity contribution in [1.29, 1.82) is 0 Å². The molecule has 1 aliphatic carbocycles. The molecule has 0 amide bonds. The number of fused-ring (bicyclic) bond motifs is 1. The lowest BCUT2D eigenvalue weighted by atomic mass is 10.1. The highest BCUT2D eigenvalue weighted by Crippen LogP contribution is 2.36. The van der Waals surface area contributed by atoms with Gasteiger partial charge in [0, 0.05) is 12.2 Å². The van der Waals surface area contributed by atoms with E-state index < -0.39 is 0 Å². The molecule has 2 aliphatic rings. The Morgan fingerprint density at radius 2 is 2.41 bits per heavy atom. The van der Waals surface area contributed by atoms with E-state index in [1.165, 1.54) is 23.8 Å². The van der Waals surface area contributed by atoms with Crippen LogP contribution in [0.25, 0.3) is 5.57 Å². The fraction of sp³-hybridized carbons (Fsp3) is 0.357. The molecule has 1 aromatic heterocycles. The molecule has 17 heavy (non-hydrogen) atoms. The van der Waals surface area contributed by atoms with Gasteiger partial charge in [-0.2, -0.15) is 0 Å². The van der Waals surface area contributed by atoms with Gasteiger partial charge in [0.25, 0.3) is 0 Å². The third kappa shape index (κ3) is 1.98. The second-order valence-corrected chi connectivity index (χ2v) is 4.60. The van der Waals surface area contributed by atoms with Crippen molar-refractivity contribution in [1.82, 2.24) is 10.3 Å². The molecule has 1 aromatic rings. The van der Waals surface area contributed by atoms with Gasteiger partial charge in [-0.25, -0.2) is 0 Å². The third-order valence-electron chi connectivity index (χ3n) is 3.56. The van der Waals surface area contributed by atoms with E-state index in [-0.39, 0.29) is 0 Å². The smallest absolute Gasteiger partial charge is 0.145 e. The number of pyridine rings is 1. The van der Waals surface area contributed by atoms with E-state index in [4.69, 9.17) is 4.74 Å². The van der Waals surface area contributed by atoms with Crippen molar-refractivity contribution in [2.24, 2.45) is 5.92 Å². The van der Waals surface area contributed by atoms with Crippen LogP contribution in [0, 0.1) is 5.92 Å². The summed E-state index contributed by atoms with van der Waals surface area (Å²) in [6, 6.07) is 2.66. The predicted molar refractivity (Wildman–Crippen MR) is 67.6 cm³/mol. The Hall–Kier alpha value is -1.61. The molecule has 1 saturated heterocycles. The monoisotopic (exact) mass is 228 g/mol. The van der Waals surface area contributed by atoms with Crippen LogP contribution in [0.3, 0.4) is 0 Å². The van der Waals surface area contributed by atoms with Crippen LogP contribution >= 0.6 is 0 Å². The van der Waals surface area contributed by atoms with Gasteiger partial charge in [-0.3, -0.25) is 4.98 Å². The summed E-state index contributed by atoms with van der Waals surface area (Å²) in [7, 11) is 0. The quantitative estimate of drug-likeness (QED) is 0.806. The molecular weight excluding hydrogens is 212 g/mol. The maximum Gasteiger partial charge on any atom is 0.145 e. The van der Waals surface area contributed by atoms with Gasteiger partial charge in [-0.1, -0.05) is 12.7 Å². The number of hydrogen-bond donors (Lipinski definition) is 1. The summed E-state index contributed by atoms with van der Waals surface area (Å²) in [5, 5.41) is 3.54. The van der Waals surface area contributed by atoms with E-state index in [0.717, 1.165) is 18.7 Å². The summed E-state index contributed by atoms with van der Waals surface area (Å²) in [4.78, 5) is 4.21. The molecule has 2 atom stereocenters. The van der Waals surface area contributed by atoms with Crippen LogP contribution in [-0.2, 0) is 0 Å². The zero-order chi connectivity index (χ0) is 11.7. The van der Waals surface area contributed by atoms with E-state index in [0.29, 0.717) is 12.0 Å². The Kier molecular flexibility index (Phi) is 2.69. The number of ether oxygens (including phenoxy) is 1. The van der Waals surface area contributed by atoms with Crippen LogP contribution in [0.1, 0.15) is 18.4 Å². The minimum Gasteiger partial charge on any atom is -0.464 e. The van der Waals surface area contributed by atoms with E-state index in [9.17, 15) is 0 Å². The van der Waals surface area contributed by atoms with Crippen molar-refractivity contribution in [2.75, 3.05) is 6.54 Å². The Bertz CT molecular complexity index is 467. The number of hydrogen-bond acceptors (Lipinski definition) is 3. The minimum atomic E-state index is 0.633. The van der Waals surface area contributed by atoms with Crippen molar-refractivity contribution in [2.45, 2.75) is 18.9 Å². The van der Waals surface area contributed by atoms with Crippen LogP contribution < -0.4 is 10.1 Å². The third-order valence-corrected chi connectivity index (χ3v) is 3.56. The number of nitrogens with zero attached hydrogens (tertiary/aromatic N) is 1. The average molecular weight is 228 g/mol. The molecule has 0 aromatic carbocycles. The summed E-state index contributed by atoms with van der Waals surface area (Å²) in [5.41, 5.74) is 2.55. The molecule has 3 nitrogen and oxygen atoms in total. The maximum atomic E-state index is 5.26. The number of rotatable bonds is 3. The van der Waals surface area contributed by atoms with Crippen molar-refractivity contribution in [3.63, 3.8) is 0 Å². The lowest BCUT2D eigenvalue weighted by molar-refractivity contribution is 0.481. The van der Waals surface area contributed by atoms with Gasteiger partial charge in [0.15, 0.2) is 0 Å². The van der Waals surface area contributed by atoms with Gasteiger partial charge in [0.05, 0.1) is 12.5 Å². The molecule has 0 unspecified atom stereocenters. The summed E-state index contributed by atoms with van der Waals surface area (Å²) in [5.74, 6) is 1.46. The maximum absolute atomic E-state index is 5.26. The Morgan fingerprint density at radius 1 is 1.47 bits per heavy atom. The van der Waals surface area contributed by atoms with Gasteiger partial charge in [-0.15, -0.1) is 0 Å². The summed E-state index contributed by atoms with van der Waals surface area (Å²) < 4.78 is 5.26. The first kappa shape index (κ1) is 10.5. The van der Waals surface area contributed by atoms with E-state index in [1.807, 2.05) is 12.3 Å². The minimum absolute atomic E-state index is 0.633. The molecule has 3 rings (SSSR count). The molecule has 1 aliphatic heterocycles. The van der Waals surface area contributed by atoms with Gasteiger partial charge in [-0.05, 0) is 42.5 Å². The topological polar surface area (TPSA) is 34.1 Å². The van der Waals surface area contributed by atoms with Crippen LogP contribution in [0.2, 0.25) is 0 Å². The fourth-order valence-electron chi connectivity index (χ4n) is 2.74. The molecule has 1 N–H and O–H groups in total. The lowest BCUT2D eigenvalue weighted by Gasteiger charge is -2.08. The van der Waals surface area contributed by atoms with Gasteiger partial charge in [0.2, 0.25) is 0 Å². The number of nitrogens with one attached hydrogen (secondary N) is 1. The van der Waals surface area contributed by atoms with Crippen molar-refractivity contribution in [3.05, 3.63) is 42.9 Å². The van der Waals surface area contributed by atoms with Gasteiger partial charge in [0.1, 0.15) is 5.75 Å². The van der Waals surface area contributed by atoms with Crippen LogP contribution in [0.5, 0.6) is 5.75 Å². The number of aromatic nitrogens is 1. The molecule has 1 fully saturated rings. The van der Waals surface area contributed by atoms with Gasteiger partial charge >= 0.3 is 0 Å². The Morgan fingerprint density at radius 3 is 3.24 bits per heavy atom. The SMILES string of the molecule is C=COc1cncc(C2=C[C@@H]3CCN[C@@H]3C2)c1. The highest BCUT2D eigenvalue weighted by molar-refractivity contribution is 5.69. The average Bonchev–Trinajstić information content (AvgIpc) is 2.89. The van der Waals surface area contributed by atoms with E-state index >= 15 is 0 Å². The molecular formula is C14H16N2O. The molecule has 2 heterocycles. The molecule has 0 bridgehead atoms. The first-order valence-electron chi connectivity index (χ1n) is 6.04. The van der Waals surface area contributed by atoms with Gasteiger partial charge < -0.3 is 10.1 Å². The van der Waals surface area contributed by atoms with E-state index in [2.05, 4.69) is 23.0 Å². The standard InChI is InChI=1S/C14H16N2O/c1-2-17-13-6-12(8-15-9-13)11-5-10-3-4-16-14(10)7-11/h2,5-6,8-10,14,16H,1,3-4,7H2/t10-,14+/m0/s1. The summed E-state index contributed by atoms with van der Waals surface area (Å²) >= 11 is 0. The van der Waals surface area contributed by atoms with Crippen molar-refractivity contribution < 1.29 is 4.74 Å². The van der Waals surface area contributed by atoms with Crippen LogP contribution in [-0.4, -0.2) is 17.6 Å². The lowest BCUT2D eigenvalue weighted by Crippen LogP contribution is -2.22. The second kappa shape index (κ2) is 4.34. The summed E-state index contributed by atoms with van der Waals surface area (Å²) in [6.07, 6.45) is 9.79. The summed E-state index contributed by atoms with van der Waals surface area (Å²) in [6.45, 7) is 4.70. The largest absolute Gasteiger partial charge is 0.464 e.